The van der Waals surface area contributed by atoms with Gasteiger partial charge in [-0.15, -0.1) is 11.3 Å². The van der Waals surface area contributed by atoms with Gasteiger partial charge in [0.25, 0.3) is 10.1 Å². The van der Waals surface area contributed by atoms with Gasteiger partial charge in [0.05, 0.1) is 12.7 Å². The summed E-state index contributed by atoms with van der Waals surface area (Å²) in [6.45, 7) is 0. The quantitative estimate of drug-likeness (QED) is 0.367. The second-order valence-corrected chi connectivity index (χ2v) is 7.88. The Bertz CT molecular complexity index is 887. The standard InChI is InChI=1S/C15H16F3N3O5S2/c1-26-13(22)12(8-10-2-4-11(5-3-10)15(16,17)18)21(9-28(23,24)25)20-14-19-6-7-27-14/h2-7,12H,8-9H2,1H3,(H,19,20)(H,23,24,25). The molecule has 2 rings (SSSR count). The summed E-state index contributed by atoms with van der Waals surface area (Å²) < 4.78 is 74.7. The summed E-state index contributed by atoms with van der Waals surface area (Å²) in [4.78, 5) is 16.1. The van der Waals surface area contributed by atoms with Crippen LogP contribution in [0.5, 0.6) is 0 Å². The molecule has 28 heavy (non-hydrogen) atoms. The number of carbonyl (C=O) groups excluding carboxylic acids is 1. The van der Waals surface area contributed by atoms with Crippen LogP contribution in [0, 0.1) is 0 Å². The lowest BCUT2D eigenvalue weighted by molar-refractivity contribution is -0.146. The average Bonchev–Trinajstić information content (AvgIpc) is 3.10. The van der Waals surface area contributed by atoms with Crippen molar-refractivity contribution in [3.8, 4) is 0 Å². The van der Waals surface area contributed by atoms with Gasteiger partial charge in [0.15, 0.2) is 5.13 Å². The molecular weight excluding hydrogens is 423 g/mol. The predicted molar refractivity (Wildman–Crippen MR) is 94.9 cm³/mol. The van der Waals surface area contributed by atoms with Gasteiger partial charge < -0.3 is 4.74 Å². The second kappa shape index (κ2) is 8.86. The number of halogens is 3. The van der Waals surface area contributed by atoms with Gasteiger partial charge in [-0.25, -0.2) is 4.98 Å². The monoisotopic (exact) mass is 439 g/mol. The molecule has 154 valence electrons. The molecule has 0 saturated carbocycles. The van der Waals surface area contributed by atoms with E-state index in [1.165, 1.54) is 18.3 Å². The smallest absolute Gasteiger partial charge is 0.416 e. The largest absolute Gasteiger partial charge is 0.468 e. The molecule has 1 unspecified atom stereocenters. The predicted octanol–water partition coefficient (Wildman–Crippen LogP) is 2.42. The molecule has 0 radical (unpaired) electrons. The zero-order valence-corrected chi connectivity index (χ0v) is 16.0. The molecule has 2 aromatic rings. The van der Waals surface area contributed by atoms with Crippen molar-refractivity contribution >= 4 is 32.6 Å². The minimum atomic E-state index is -4.55. The normalized spacial score (nSPS) is 13.4. The summed E-state index contributed by atoms with van der Waals surface area (Å²) in [5.41, 5.74) is 2.07. The lowest BCUT2D eigenvalue weighted by Gasteiger charge is -2.28. The number of thiazole rings is 1. The fourth-order valence-electron chi connectivity index (χ4n) is 2.29. The number of ether oxygens (including phenoxy) is 1. The van der Waals surface area contributed by atoms with Crippen molar-refractivity contribution in [1.29, 1.82) is 0 Å². The molecule has 8 nitrogen and oxygen atoms in total. The summed E-state index contributed by atoms with van der Waals surface area (Å²) in [6.07, 6.45) is -3.26. The summed E-state index contributed by atoms with van der Waals surface area (Å²) in [7, 11) is -3.47. The van der Waals surface area contributed by atoms with Crippen LogP contribution >= 0.6 is 11.3 Å². The number of nitrogens with zero attached hydrogens (tertiary/aromatic N) is 2. The van der Waals surface area contributed by atoms with Crippen LogP contribution in [-0.2, 0) is 32.2 Å². The number of rotatable bonds is 8. The number of hydrogen-bond acceptors (Lipinski definition) is 8. The maximum atomic E-state index is 12.7. The highest BCUT2D eigenvalue weighted by Crippen LogP contribution is 2.29. The van der Waals surface area contributed by atoms with Gasteiger partial charge in [-0.2, -0.15) is 26.6 Å². The van der Waals surface area contributed by atoms with Crippen LogP contribution in [0.25, 0.3) is 0 Å². The van der Waals surface area contributed by atoms with E-state index in [-0.39, 0.29) is 11.6 Å². The third-order valence-electron chi connectivity index (χ3n) is 3.53. The molecule has 1 heterocycles. The molecule has 1 aromatic carbocycles. The van der Waals surface area contributed by atoms with Crippen molar-refractivity contribution in [3.63, 3.8) is 0 Å². The Kier molecular flexibility index (Phi) is 6.98. The molecule has 1 atom stereocenters. The topological polar surface area (TPSA) is 109 Å². The number of methoxy groups -OCH3 is 1. The fourth-order valence-corrected chi connectivity index (χ4v) is 3.43. The summed E-state index contributed by atoms with van der Waals surface area (Å²) in [5, 5.41) is 2.74. The summed E-state index contributed by atoms with van der Waals surface area (Å²) in [5.74, 6) is -1.83. The van der Waals surface area contributed by atoms with E-state index in [9.17, 15) is 30.9 Å². The van der Waals surface area contributed by atoms with Gasteiger partial charge in [-0.3, -0.25) is 14.8 Å². The van der Waals surface area contributed by atoms with Crippen molar-refractivity contribution in [3.05, 3.63) is 47.0 Å². The van der Waals surface area contributed by atoms with Gasteiger partial charge >= 0.3 is 12.1 Å². The molecular formula is C15H16F3N3O5S2. The van der Waals surface area contributed by atoms with Crippen LogP contribution in [0.15, 0.2) is 35.8 Å². The Morgan fingerprint density at radius 3 is 2.46 bits per heavy atom. The number of hydrogen-bond donors (Lipinski definition) is 2. The molecule has 0 amide bonds. The van der Waals surface area contributed by atoms with Crippen molar-refractivity contribution in [2.45, 2.75) is 18.6 Å². The van der Waals surface area contributed by atoms with Gasteiger partial charge in [-0.1, -0.05) is 12.1 Å². The van der Waals surface area contributed by atoms with E-state index in [1.807, 2.05) is 0 Å². The van der Waals surface area contributed by atoms with Crippen molar-refractivity contribution in [2.24, 2.45) is 0 Å². The highest BCUT2D eigenvalue weighted by Gasteiger charge is 2.32. The number of carbonyl (C=O) groups is 1. The lowest BCUT2D eigenvalue weighted by Crippen LogP contribution is -2.48. The van der Waals surface area contributed by atoms with Gasteiger partial charge in [0, 0.05) is 18.0 Å². The van der Waals surface area contributed by atoms with Crippen LogP contribution in [0.4, 0.5) is 18.3 Å². The molecule has 0 aliphatic heterocycles. The first-order valence-corrected chi connectivity index (χ1v) is 10.1. The molecule has 13 heteroatoms. The number of hydrazine groups is 1. The SMILES string of the molecule is COC(=O)C(Cc1ccc(C(F)(F)F)cc1)N(CS(=O)(=O)O)Nc1nccs1. The minimum Gasteiger partial charge on any atom is -0.468 e. The molecule has 0 fully saturated rings. The minimum absolute atomic E-state index is 0.182. The van der Waals surface area contributed by atoms with Crippen LogP contribution in [0.1, 0.15) is 11.1 Å². The van der Waals surface area contributed by atoms with Gasteiger partial charge in [0.2, 0.25) is 0 Å². The first kappa shape index (κ1) is 22.1. The second-order valence-electron chi connectivity index (χ2n) is 5.57. The summed E-state index contributed by atoms with van der Waals surface area (Å²) in [6, 6.07) is 2.78. The van der Waals surface area contributed by atoms with E-state index in [0.29, 0.717) is 5.56 Å². The van der Waals surface area contributed by atoms with Crippen LogP contribution < -0.4 is 5.43 Å². The molecule has 0 spiro atoms. The Morgan fingerprint density at radius 2 is 2.00 bits per heavy atom. The maximum Gasteiger partial charge on any atom is 0.416 e. The van der Waals surface area contributed by atoms with E-state index in [2.05, 4.69) is 15.1 Å². The van der Waals surface area contributed by atoms with Crippen LogP contribution in [0.3, 0.4) is 0 Å². The van der Waals surface area contributed by atoms with E-state index < -0.39 is 39.7 Å². The third-order valence-corrected chi connectivity index (χ3v) is 4.82. The van der Waals surface area contributed by atoms with E-state index >= 15 is 0 Å². The Labute approximate surface area is 162 Å². The molecule has 0 bridgehead atoms. The van der Waals surface area contributed by atoms with Crippen LogP contribution in [0.2, 0.25) is 0 Å². The molecule has 1 aromatic heterocycles. The Morgan fingerprint density at radius 1 is 1.36 bits per heavy atom. The van der Waals surface area contributed by atoms with Gasteiger partial charge in [-0.05, 0) is 17.7 Å². The zero-order chi connectivity index (χ0) is 20.9. The number of alkyl halides is 3. The van der Waals surface area contributed by atoms with Crippen molar-refractivity contribution in [2.75, 3.05) is 18.4 Å². The highest BCUT2D eigenvalue weighted by atomic mass is 32.2. The average molecular weight is 439 g/mol. The maximum absolute atomic E-state index is 12.7. The van der Waals surface area contributed by atoms with Gasteiger partial charge in [0.1, 0.15) is 11.9 Å². The third kappa shape index (κ3) is 6.44. The first-order chi connectivity index (χ1) is 13.0. The Balaban J connectivity index is 2.31. The lowest BCUT2D eigenvalue weighted by atomic mass is 10.0. The van der Waals surface area contributed by atoms with Crippen molar-refractivity contribution in [1.82, 2.24) is 9.99 Å². The van der Waals surface area contributed by atoms with E-state index in [4.69, 9.17) is 0 Å². The van der Waals surface area contributed by atoms with E-state index in [0.717, 1.165) is 35.6 Å². The zero-order valence-electron chi connectivity index (χ0n) is 14.4. The number of esters is 1. The fraction of sp³-hybridized carbons (Fsp3) is 0.333. The molecule has 0 saturated heterocycles. The molecule has 0 aliphatic rings. The highest BCUT2D eigenvalue weighted by molar-refractivity contribution is 7.85. The molecule has 2 N–H and O–H groups in total. The number of aromatic nitrogens is 1. The number of nitrogens with one attached hydrogen (secondary N) is 1. The van der Waals surface area contributed by atoms with E-state index in [1.54, 1.807) is 5.38 Å². The number of anilines is 1. The first-order valence-electron chi connectivity index (χ1n) is 7.61. The summed E-state index contributed by atoms with van der Waals surface area (Å²) >= 11 is 1.11. The Hall–Kier alpha value is -2.22. The van der Waals surface area contributed by atoms with Crippen molar-refractivity contribution < 1.29 is 35.7 Å². The van der Waals surface area contributed by atoms with Crippen LogP contribution in [-0.4, -0.2) is 48.0 Å². The molecule has 0 aliphatic carbocycles. The number of benzene rings is 1.